The van der Waals surface area contributed by atoms with Crippen LogP contribution < -0.4 is 0 Å². The molecule has 0 bridgehead atoms. The Balaban J connectivity index is 1.92. The van der Waals surface area contributed by atoms with E-state index in [2.05, 4.69) is 46.3 Å². The molecular weight excluding hydrogens is 280 g/mol. The molecule has 2 heterocycles. The lowest BCUT2D eigenvalue weighted by Gasteiger charge is -2.12. The highest BCUT2D eigenvalue weighted by Gasteiger charge is 2.15. The highest BCUT2D eigenvalue weighted by Crippen LogP contribution is 2.35. The van der Waals surface area contributed by atoms with Gasteiger partial charge in [-0.3, -0.25) is 0 Å². The first-order valence-corrected chi connectivity index (χ1v) is 7.98. The fourth-order valence-corrected chi connectivity index (χ4v) is 3.36. The summed E-state index contributed by atoms with van der Waals surface area (Å²) in [5.41, 5.74) is 3.34. The zero-order chi connectivity index (χ0) is 14.8. The Morgan fingerprint density at radius 3 is 2.62 bits per heavy atom. The summed E-state index contributed by atoms with van der Waals surface area (Å²) >= 11 is 1.70. The maximum absolute atomic E-state index is 4.57. The lowest BCUT2D eigenvalue weighted by molar-refractivity contribution is 0.832. The predicted molar refractivity (Wildman–Crippen MR) is 85.6 cm³/mol. The summed E-state index contributed by atoms with van der Waals surface area (Å²) in [6.07, 6.45) is 1.04. The molecule has 4 nitrogen and oxygen atoms in total. The van der Waals surface area contributed by atoms with Crippen LogP contribution >= 0.6 is 11.8 Å². The second kappa shape index (κ2) is 5.85. The van der Waals surface area contributed by atoms with E-state index in [-0.39, 0.29) is 0 Å². The zero-order valence-electron chi connectivity index (χ0n) is 12.4. The van der Waals surface area contributed by atoms with Gasteiger partial charge in [0.1, 0.15) is 0 Å². The van der Waals surface area contributed by atoms with Gasteiger partial charge < -0.3 is 0 Å². The molecule has 1 atom stereocenters. The van der Waals surface area contributed by atoms with Crippen molar-refractivity contribution in [3.63, 3.8) is 0 Å². The molecule has 21 heavy (non-hydrogen) atoms. The van der Waals surface area contributed by atoms with Gasteiger partial charge in [0.25, 0.3) is 5.78 Å². The van der Waals surface area contributed by atoms with Crippen molar-refractivity contribution in [3.05, 3.63) is 53.3 Å². The topological polar surface area (TPSA) is 43.1 Å². The van der Waals surface area contributed by atoms with Gasteiger partial charge in [0.05, 0.1) is 0 Å². The average molecular weight is 298 g/mol. The maximum Gasteiger partial charge on any atom is 0.253 e. The molecule has 2 aromatic heterocycles. The second-order valence-electron chi connectivity index (χ2n) is 5.07. The van der Waals surface area contributed by atoms with Crippen molar-refractivity contribution in [1.29, 1.82) is 0 Å². The van der Waals surface area contributed by atoms with E-state index in [0.29, 0.717) is 11.0 Å². The smallest absolute Gasteiger partial charge is 0.216 e. The zero-order valence-corrected chi connectivity index (χ0v) is 13.3. The number of rotatable bonds is 4. The van der Waals surface area contributed by atoms with Gasteiger partial charge in [0.2, 0.25) is 5.16 Å². The summed E-state index contributed by atoms with van der Waals surface area (Å²) in [7, 11) is 0. The van der Waals surface area contributed by atoms with Crippen molar-refractivity contribution >= 4 is 17.5 Å². The minimum atomic E-state index is 0.366. The molecule has 0 aliphatic carbocycles. The van der Waals surface area contributed by atoms with Crippen molar-refractivity contribution < 1.29 is 0 Å². The molecule has 0 radical (unpaired) electrons. The Kier molecular flexibility index (Phi) is 3.92. The SMILES string of the molecule is CCC(Sc1nc2nc(C)cc(C)n2n1)c1ccccc1. The highest BCUT2D eigenvalue weighted by atomic mass is 32.2. The van der Waals surface area contributed by atoms with Gasteiger partial charge in [-0.15, -0.1) is 5.10 Å². The fraction of sp³-hybridized carbons (Fsp3) is 0.312. The molecule has 5 heteroatoms. The van der Waals surface area contributed by atoms with Crippen LogP contribution in [0, 0.1) is 13.8 Å². The van der Waals surface area contributed by atoms with Crippen LogP contribution in [0.3, 0.4) is 0 Å². The van der Waals surface area contributed by atoms with Gasteiger partial charge in [-0.1, -0.05) is 49.0 Å². The van der Waals surface area contributed by atoms with Crippen LogP contribution in [0.1, 0.15) is 35.5 Å². The van der Waals surface area contributed by atoms with Crippen molar-refractivity contribution in [3.8, 4) is 0 Å². The number of fused-ring (bicyclic) bond motifs is 1. The predicted octanol–water partition coefficient (Wildman–Crippen LogP) is 3.98. The van der Waals surface area contributed by atoms with Crippen LogP contribution in [0.5, 0.6) is 0 Å². The van der Waals surface area contributed by atoms with Crippen LogP contribution in [0.4, 0.5) is 0 Å². The Labute approximate surface area is 128 Å². The van der Waals surface area contributed by atoms with Crippen molar-refractivity contribution in [2.45, 2.75) is 37.6 Å². The Hall–Kier alpha value is -1.88. The first-order chi connectivity index (χ1) is 10.2. The van der Waals surface area contributed by atoms with Gasteiger partial charge >= 0.3 is 0 Å². The molecule has 1 unspecified atom stereocenters. The second-order valence-corrected chi connectivity index (χ2v) is 6.24. The van der Waals surface area contributed by atoms with Crippen LogP contribution in [-0.4, -0.2) is 19.6 Å². The lowest BCUT2D eigenvalue weighted by atomic mass is 10.1. The number of aryl methyl sites for hydroxylation is 2. The third kappa shape index (κ3) is 2.93. The van der Waals surface area contributed by atoms with Gasteiger partial charge in [-0.05, 0) is 31.9 Å². The molecular formula is C16H18N4S. The molecule has 0 fully saturated rings. The molecule has 0 aliphatic rings. The first-order valence-electron chi connectivity index (χ1n) is 7.10. The van der Waals surface area contributed by atoms with Crippen molar-refractivity contribution in [2.75, 3.05) is 0 Å². The monoisotopic (exact) mass is 298 g/mol. The minimum Gasteiger partial charge on any atom is -0.216 e. The molecule has 0 saturated carbocycles. The van der Waals surface area contributed by atoms with E-state index < -0.39 is 0 Å². The molecule has 3 rings (SSSR count). The number of benzene rings is 1. The van der Waals surface area contributed by atoms with E-state index in [9.17, 15) is 0 Å². The summed E-state index contributed by atoms with van der Waals surface area (Å²) in [6.45, 7) is 6.20. The van der Waals surface area contributed by atoms with Crippen LogP contribution in [-0.2, 0) is 0 Å². The molecule has 0 aliphatic heterocycles. The highest BCUT2D eigenvalue weighted by molar-refractivity contribution is 7.99. The van der Waals surface area contributed by atoms with E-state index in [1.165, 1.54) is 5.56 Å². The van der Waals surface area contributed by atoms with E-state index >= 15 is 0 Å². The molecule has 1 aromatic carbocycles. The van der Waals surface area contributed by atoms with E-state index in [1.807, 2.05) is 30.5 Å². The molecule has 0 amide bonds. The number of hydrogen-bond donors (Lipinski definition) is 0. The summed E-state index contributed by atoms with van der Waals surface area (Å²) in [4.78, 5) is 8.99. The molecule has 0 spiro atoms. The van der Waals surface area contributed by atoms with Gasteiger partial charge in [-0.2, -0.15) is 4.98 Å². The van der Waals surface area contributed by atoms with E-state index in [0.717, 1.165) is 23.0 Å². The van der Waals surface area contributed by atoms with Crippen LogP contribution in [0.2, 0.25) is 0 Å². The third-order valence-electron chi connectivity index (χ3n) is 3.39. The summed E-state index contributed by atoms with van der Waals surface area (Å²) in [5.74, 6) is 0.679. The Bertz CT molecular complexity index is 752. The first kappa shape index (κ1) is 14.1. The van der Waals surface area contributed by atoms with E-state index in [4.69, 9.17) is 0 Å². The molecule has 108 valence electrons. The molecule has 0 N–H and O–H groups in total. The molecule has 3 aromatic rings. The van der Waals surface area contributed by atoms with Gasteiger partial charge in [0.15, 0.2) is 0 Å². The summed E-state index contributed by atoms with van der Waals surface area (Å²) in [6, 6.07) is 12.5. The Morgan fingerprint density at radius 2 is 1.90 bits per heavy atom. The molecule has 0 saturated heterocycles. The van der Waals surface area contributed by atoms with E-state index in [1.54, 1.807) is 11.8 Å². The minimum absolute atomic E-state index is 0.366. The Morgan fingerprint density at radius 1 is 1.14 bits per heavy atom. The van der Waals surface area contributed by atoms with Gasteiger partial charge in [-0.25, -0.2) is 9.50 Å². The third-order valence-corrected chi connectivity index (χ3v) is 4.66. The lowest BCUT2D eigenvalue weighted by Crippen LogP contribution is -1.97. The number of aromatic nitrogens is 4. The number of thioether (sulfide) groups is 1. The summed E-state index contributed by atoms with van der Waals surface area (Å²) < 4.78 is 1.81. The summed E-state index contributed by atoms with van der Waals surface area (Å²) in [5, 5.41) is 5.72. The van der Waals surface area contributed by atoms with Crippen molar-refractivity contribution in [2.24, 2.45) is 0 Å². The maximum atomic E-state index is 4.57. The quantitative estimate of drug-likeness (QED) is 0.683. The average Bonchev–Trinajstić information content (AvgIpc) is 2.88. The normalized spacial score (nSPS) is 12.7. The van der Waals surface area contributed by atoms with Crippen molar-refractivity contribution in [1.82, 2.24) is 19.6 Å². The number of nitrogens with zero attached hydrogens (tertiary/aromatic N) is 4. The van der Waals surface area contributed by atoms with Crippen LogP contribution in [0.15, 0.2) is 41.6 Å². The number of hydrogen-bond acceptors (Lipinski definition) is 4. The fourth-order valence-electron chi connectivity index (χ4n) is 2.38. The standard InChI is InChI=1S/C16H18N4S/c1-4-14(13-8-6-5-7-9-13)21-16-18-15-17-11(2)10-12(3)20(15)19-16/h5-10,14H,4H2,1-3H3. The largest absolute Gasteiger partial charge is 0.253 e. The van der Waals surface area contributed by atoms with Gasteiger partial charge in [0, 0.05) is 16.6 Å². The van der Waals surface area contributed by atoms with Crippen LogP contribution in [0.25, 0.3) is 5.78 Å².